The van der Waals surface area contributed by atoms with E-state index in [0.29, 0.717) is 29.2 Å². The van der Waals surface area contributed by atoms with E-state index in [1.807, 2.05) is 0 Å². The van der Waals surface area contributed by atoms with Crippen molar-refractivity contribution in [3.05, 3.63) is 16.3 Å². The first-order valence-corrected chi connectivity index (χ1v) is 8.40. The Balaban J connectivity index is 2.11. The minimum Gasteiger partial charge on any atom is -0.207 e. The summed E-state index contributed by atoms with van der Waals surface area (Å²) in [5.74, 6) is 1.55. The minimum atomic E-state index is -3.32. The lowest BCUT2D eigenvalue weighted by atomic mass is 10.3. The van der Waals surface area contributed by atoms with Crippen LogP contribution in [0, 0.1) is 11.8 Å². The van der Waals surface area contributed by atoms with Crippen LogP contribution in [0.15, 0.2) is 16.3 Å². The van der Waals surface area contributed by atoms with E-state index in [2.05, 4.69) is 6.92 Å². The molecule has 1 aromatic rings. The fourth-order valence-corrected chi connectivity index (χ4v) is 4.43. The molecule has 0 spiro atoms. The van der Waals surface area contributed by atoms with Crippen molar-refractivity contribution in [1.82, 2.24) is 4.31 Å². The first kappa shape index (κ1) is 13.3. The third kappa shape index (κ3) is 2.84. The number of halogens is 1. The first-order chi connectivity index (χ1) is 7.95. The monoisotopic (exact) mass is 293 g/mol. The van der Waals surface area contributed by atoms with Gasteiger partial charge in [-0.1, -0.05) is 6.92 Å². The number of hydrogen-bond donors (Lipinski definition) is 0. The van der Waals surface area contributed by atoms with Gasteiger partial charge in [-0.3, -0.25) is 0 Å². The number of sulfonamides is 1. The Morgan fingerprint density at radius 3 is 2.71 bits per heavy atom. The van der Waals surface area contributed by atoms with Crippen molar-refractivity contribution >= 4 is 33.0 Å². The number of alkyl halides is 1. The lowest BCUT2D eigenvalue weighted by Crippen LogP contribution is -2.28. The molecule has 1 fully saturated rings. The average molecular weight is 294 g/mol. The second-order valence-electron chi connectivity index (χ2n) is 4.64. The maximum atomic E-state index is 12.2. The van der Waals surface area contributed by atoms with Crippen LogP contribution in [0.2, 0.25) is 0 Å². The fraction of sp³-hybridized carbons (Fsp3) is 0.636. The molecule has 1 saturated carbocycles. The molecule has 2 atom stereocenters. The molecule has 1 aliphatic carbocycles. The van der Waals surface area contributed by atoms with Crippen molar-refractivity contribution in [3.63, 3.8) is 0 Å². The van der Waals surface area contributed by atoms with E-state index in [1.165, 1.54) is 15.6 Å². The van der Waals surface area contributed by atoms with Crippen molar-refractivity contribution in [2.24, 2.45) is 11.8 Å². The highest BCUT2D eigenvalue weighted by Gasteiger charge is 2.36. The zero-order valence-corrected chi connectivity index (χ0v) is 12.3. The van der Waals surface area contributed by atoms with Crippen LogP contribution in [0.3, 0.4) is 0 Å². The van der Waals surface area contributed by atoms with Gasteiger partial charge in [0.05, 0.1) is 10.8 Å². The number of hydrogen-bond acceptors (Lipinski definition) is 3. The highest BCUT2D eigenvalue weighted by atomic mass is 35.5. The molecule has 0 saturated heterocycles. The summed E-state index contributed by atoms with van der Waals surface area (Å²) in [7, 11) is -1.67. The Hall–Kier alpha value is -0.100. The molecule has 0 aliphatic heterocycles. The van der Waals surface area contributed by atoms with Crippen molar-refractivity contribution in [2.75, 3.05) is 13.6 Å². The summed E-state index contributed by atoms with van der Waals surface area (Å²) in [5, 5.41) is 1.67. The molecule has 2 unspecified atom stereocenters. The van der Waals surface area contributed by atoms with Crippen LogP contribution in [0.25, 0.3) is 0 Å². The first-order valence-electron chi connectivity index (χ1n) is 5.55. The van der Waals surface area contributed by atoms with Gasteiger partial charge in [-0.05, 0) is 24.3 Å². The van der Waals surface area contributed by atoms with Crippen LogP contribution in [0.1, 0.15) is 18.2 Å². The highest BCUT2D eigenvalue weighted by molar-refractivity contribution is 7.89. The quantitative estimate of drug-likeness (QED) is 0.783. The lowest BCUT2D eigenvalue weighted by Gasteiger charge is -2.15. The smallest absolute Gasteiger partial charge is 0.207 e. The van der Waals surface area contributed by atoms with E-state index in [0.717, 1.165) is 11.3 Å². The van der Waals surface area contributed by atoms with Crippen molar-refractivity contribution in [2.45, 2.75) is 24.1 Å². The van der Waals surface area contributed by atoms with Gasteiger partial charge in [0.25, 0.3) is 0 Å². The SMILES string of the molecule is CC1CC1CN(C)S(=O)(=O)c1csc(CCl)c1. The van der Waals surface area contributed by atoms with Gasteiger partial charge in [0, 0.05) is 23.8 Å². The van der Waals surface area contributed by atoms with E-state index < -0.39 is 10.0 Å². The van der Waals surface area contributed by atoms with E-state index in [-0.39, 0.29) is 0 Å². The Morgan fingerprint density at radius 1 is 1.59 bits per heavy atom. The fourth-order valence-electron chi connectivity index (χ4n) is 1.83. The molecular weight excluding hydrogens is 278 g/mol. The van der Waals surface area contributed by atoms with Gasteiger partial charge in [-0.25, -0.2) is 12.7 Å². The molecule has 0 bridgehead atoms. The van der Waals surface area contributed by atoms with E-state index in [4.69, 9.17) is 11.6 Å². The highest BCUT2D eigenvalue weighted by Crippen LogP contribution is 2.38. The Kier molecular flexibility index (Phi) is 3.83. The molecule has 0 amide bonds. The van der Waals surface area contributed by atoms with Gasteiger partial charge in [-0.15, -0.1) is 22.9 Å². The molecule has 3 nitrogen and oxygen atoms in total. The molecular formula is C11H16ClNO2S2. The number of thiophene rings is 1. The Morgan fingerprint density at radius 2 is 2.24 bits per heavy atom. The standard InChI is InChI=1S/C11H16ClNO2S2/c1-8-3-9(8)6-13(2)17(14,15)11-4-10(5-12)16-7-11/h4,7-9H,3,5-6H2,1-2H3. The van der Waals surface area contributed by atoms with Gasteiger partial charge in [0.15, 0.2) is 0 Å². The summed E-state index contributed by atoms with van der Waals surface area (Å²) in [4.78, 5) is 1.26. The van der Waals surface area contributed by atoms with E-state index in [9.17, 15) is 8.42 Å². The molecule has 6 heteroatoms. The molecule has 2 rings (SSSR count). The summed E-state index contributed by atoms with van der Waals surface area (Å²) < 4.78 is 25.9. The van der Waals surface area contributed by atoms with Gasteiger partial charge in [-0.2, -0.15) is 0 Å². The largest absolute Gasteiger partial charge is 0.243 e. The molecule has 17 heavy (non-hydrogen) atoms. The molecule has 1 heterocycles. The normalized spacial score (nSPS) is 24.2. The summed E-state index contributed by atoms with van der Waals surface area (Å²) in [5.41, 5.74) is 0. The summed E-state index contributed by atoms with van der Waals surface area (Å²) in [6.07, 6.45) is 1.14. The van der Waals surface area contributed by atoms with Crippen LogP contribution < -0.4 is 0 Å². The van der Waals surface area contributed by atoms with Crippen LogP contribution >= 0.6 is 22.9 Å². The maximum Gasteiger partial charge on any atom is 0.243 e. The third-order valence-corrected chi connectivity index (χ3v) is 6.57. The summed E-state index contributed by atoms with van der Waals surface area (Å²) in [6, 6.07) is 1.67. The number of rotatable bonds is 5. The van der Waals surface area contributed by atoms with Gasteiger partial charge in [0.1, 0.15) is 0 Å². The van der Waals surface area contributed by atoms with E-state index >= 15 is 0 Å². The maximum absolute atomic E-state index is 12.2. The van der Waals surface area contributed by atoms with Crippen molar-refractivity contribution in [1.29, 1.82) is 0 Å². The Bertz CT molecular complexity index is 497. The lowest BCUT2D eigenvalue weighted by molar-refractivity contribution is 0.445. The molecule has 0 radical (unpaired) electrons. The molecule has 0 aromatic carbocycles. The van der Waals surface area contributed by atoms with Crippen molar-refractivity contribution < 1.29 is 8.42 Å². The Labute approximate surface area is 111 Å². The van der Waals surface area contributed by atoms with Crippen molar-refractivity contribution in [3.8, 4) is 0 Å². The predicted molar refractivity (Wildman–Crippen MR) is 71.0 cm³/mol. The molecule has 1 aromatic heterocycles. The second kappa shape index (κ2) is 4.88. The second-order valence-corrected chi connectivity index (χ2v) is 7.95. The minimum absolute atomic E-state index is 0.365. The zero-order valence-electron chi connectivity index (χ0n) is 9.89. The van der Waals surface area contributed by atoms with Crippen LogP contribution in [-0.4, -0.2) is 26.3 Å². The molecule has 0 N–H and O–H groups in total. The van der Waals surface area contributed by atoms with Gasteiger partial charge in [0.2, 0.25) is 10.0 Å². The van der Waals surface area contributed by atoms with Gasteiger partial charge >= 0.3 is 0 Å². The molecule has 96 valence electrons. The van der Waals surface area contributed by atoms with Gasteiger partial charge < -0.3 is 0 Å². The van der Waals surface area contributed by atoms with Crippen LogP contribution in [0.4, 0.5) is 0 Å². The van der Waals surface area contributed by atoms with Crippen LogP contribution in [-0.2, 0) is 15.9 Å². The molecule has 1 aliphatic rings. The average Bonchev–Trinajstić information content (AvgIpc) is 2.83. The topological polar surface area (TPSA) is 37.4 Å². The summed E-state index contributed by atoms with van der Waals surface area (Å²) in [6.45, 7) is 2.77. The zero-order chi connectivity index (χ0) is 12.6. The third-order valence-electron chi connectivity index (χ3n) is 3.24. The van der Waals surface area contributed by atoms with Crippen LogP contribution in [0.5, 0.6) is 0 Å². The van der Waals surface area contributed by atoms with E-state index in [1.54, 1.807) is 18.5 Å². The predicted octanol–water partition coefficient (Wildman–Crippen LogP) is 2.76. The summed E-state index contributed by atoms with van der Waals surface area (Å²) >= 11 is 7.08. The number of nitrogens with zero attached hydrogens (tertiary/aromatic N) is 1.